The van der Waals surface area contributed by atoms with E-state index in [4.69, 9.17) is 11.6 Å². The van der Waals surface area contributed by atoms with Crippen molar-refractivity contribution in [1.82, 2.24) is 5.32 Å². The maximum Gasteiger partial charge on any atom is 0.244 e. The molecule has 1 aliphatic rings. The third-order valence-electron chi connectivity index (χ3n) is 4.10. The molecule has 1 heterocycles. The summed E-state index contributed by atoms with van der Waals surface area (Å²) in [7, 11) is 0. The summed E-state index contributed by atoms with van der Waals surface area (Å²) in [5.41, 5.74) is 2.02. The molecule has 0 aromatic heterocycles. The van der Waals surface area contributed by atoms with Gasteiger partial charge in [-0.3, -0.25) is 14.4 Å². The van der Waals surface area contributed by atoms with Gasteiger partial charge < -0.3 is 15.5 Å². The molecule has 0 spiro atoms. The van der Waals surface area contributed by atoms with Gasteiger partial charge in [-0.1, -0.05) is 35.9 Å². The number of hydrogen-bond donors (Lipinski definition) is 2. The quantitative estimate of drug-likeness (QED) is 0.867. The van der Waals surface area contributed by atoms with E-state index in [1.165, 1.54) is 11.8 Å². The minimum Gasteiger partial charge on any atom is -0.349 e. The first-order chi connectivity index (χ1) is 12.4. The fourth-order valence-electron chi connectivity index (χ4n) is 2.93. The Bertz CT molecular complexity index is 851. The molecule has 0 bridgehead atoms. The van der Waals surface area contributed by atoms with Crippen LogP contribution in [-0.4, -0.2) is 24.3 Å². The van der Waals surface area contributed by atoms with Crippen LogP contribution in [0.15, 0.2) is 48.5 Å². The number of nitrogens with one attached hydrogen (secondary N) is 2. The summed E-state index contributed by atoms with van der Waals surface area (Å²) in [6.07, 6.45) is 0.0306. The molecule has 3 rings (SSSR count). The number of fused-ring (bicyclic) bond motifs is 1. The molecule has 2 aromatic rings. The van der Waals surface area contributed by atoms with Crippen LogP contribution in [0.3, 0.4) is 0 Å². The standard InChI is InChI=1S/C19H18ClN3O3/c1-12(24)21-16(13-6-8-14(20)9-7-13)10-19(26)23-11-18(25)22-15-4-2-3-5-17(15)23/h2-9,16H,10-11H2,1H3,(H,21,24)(H,22,25). The number of rotatable bonds is 4. The normalized spacial score (nSPS) is 14.2. The number of nitrogens with zero attached hydrogens (tertiary/aromatic N) is 1. The molecule has 1 unspecified atom stereocenters. The number of hydrogen-bond acceptors (Lipinski definition) is 3. The summed E-state index contributed by atoms with van der Waals surface area (Å²) >= 11 is 5.91. The highest BCUT2D eigenvalue weighted by Crippen LogP contribution is 2.30. The van der Waals surface area contributed by atoms with Gasteiger partial charge in [0.1, 0.15) is 6.54 Å². The number of halogens is 1. The number of benzene rings is 2. The number of carbonyl (C=O) groups is 3. The van der Waals surface area contributed by atoms with Crippen LogP contribution in [0.1, 0.15) is 24.9 Å². The molecule has 1 aliphatic heterocycles. The number of amides is 3. The van der Waals surface area contributed by atoms with Gasteiger partial charge in [0, 0.05) is 11.9 Å². The summed E-state index contributed by atoms with van der Waals surface area (Å²) < 4.78 is 0. The Kier molecular flexibility index (Phi) is 5.23. The van der Waals surface area contributed by atoms with Crippen LogP contribution in [0.4, 0.5) is 11.4 Å². The zero-order valence-electron chi connectivity index (χ0n) is 14.2. The van der Waals surface area contributed by atoms with Crippen LogP contribution >= 0.6 is 11.6 Å². The van der Waals surface area contributed by atoms with Crippen LogP contribution in [0, 0.1) is 0 Å². The first-order valence-electron chi connectivity index (χ1n) is 8.16. The Morgan fingerprint density at radius 1 is 1.19 bits per heavy atom. The van der Waals surface area contributed by atoms with E-state index < -0.39 is 6.04 Å². The average molecular weight is 372 g/mol. The Morgan fingerprint density at radius 3 is 2.58 bits per heavy atom. The highest BCUT2D eigenvalue weighted by atomic mass is 35.5. The van der Waals surface area contributed by atoms with Crippen LogP contribution in [0.25, 0.3) is 0 Å². The first kappa shape index (κ1) is 17.9. The molecule has 7 heteroatoms. The predicted octanol–water partition coefficient (Wildman–Crippen LogP) is 2.89. The lowest BCUT2D eigenvalue weighted by atomic mass is 10.0. The highest BCUT2D eigenvalue weighted by Gasteiger charge is 2.28. The highest BCUT2D eigenvalue weighted by molar-refractivity contribution is 6.30. The lowest BCUT2D eigenvalue weighted by molar-refractivity contribution is -0.123. The van der Waals surface area contributed by atoms with Crippen molar-refractivity contribution in [3.8, 4) is 0 Å². The van der Waals surface area contributed by atoms with E-state index in [9.17, 15) is 14.4 Å². The number of anilines is 2. The van der Waals surface area contributed by atoms with Gasteiger partial charge in [-0.15, -0.1) is 0 Å². The Labute approximate surface area is 156 Å². The summed E-state index contributed by atoms with van der Waals surface area (Å²) in [5.74, 6) is -0.741. The molecule has 3 amide bonds. The van der Waals surface area contributed by atoms with Crippen molar-refractivity contribution in [2.45, 2.75) is 19.4 Å². The van der Waals surface area contributed by atoms with Crippen molar-refractivity contribution in [2.75, 3.05) is 16.8 Å². The Hall–Kier alpha value is -2.86. The van der Waals surface area contributed by atoms with Crippen LogP contribution < -0.4 is 15.5 Å². The number of carbonyl (C=O) groups excluding carboxylic acids is 3. The van der Waals surface area contributed by atoms with Crippen LogP contribution in [0.2, 0.25) is 5.02 Å². The molecule has 0 saturated carbocycles. The molecule has 6 nitrogen and oxygen atoms in total. The molecule has 0 aliphatic carbocycles. The molecule has 1 atom stereocenters. The van der Waals surface area contributed by atoms with Crippen molar-refractivity contribution in [3.05, 3.63) is 59.1 Å². The van der Waals surface area contributed by atoms with Gasteiger partial charge in [-0.2, -0.15) is 0 Å². The second-order valence-corrected chi connectivity index (χ2v) is 6.49. The van der Waals surface area contributed by atoms with Gasteiger partial charge in [0.15, 0.2) is 0 Å². The van der Waals surface area contributed by atoms with E-state index in [0.29, 0.717) is 16.4 Å². The molecule has 2 N–H and O–H groups in total. The predicted molar refractivity (Wildman–Crippen MR) is 100 cm³/mol. The van der Waals surface area contributed by atoms with E-state index >= 15 is 0 Å². The van der Waals surface area contributed by atoms with Crippen molar-refractivity contribution >= 4 is 40.7 Å². The van der Waals surface area contributed by atoms with Gasteiger partial charge in [0.05, 0.1) is 23.8 Å². The first-order valence-corrected chi connectivity index (χ1v) is 8.53. The number of para-hydroxylation sites is 2. The van der Waals surface area contributed by atoms with E-state index in [0.717, 1.165) is 5.56 Å². The molecule has 0 radical (unpaired) electrons. The van der Waals surface area contributed by atoms with E-state index in [-0.39, 0.29) is 30.7 Å². The smallest absolute Gasteiger partial charge is 0.244 e. The zero-order valence-corrected chi connectivity index (χ0v) is 14.9. The topological polar surface area (TPSA) is 78.5 Å². The average Bonchev–Trinajstić information content (AvgIpc) is 2.60. The molecule has 0 saturated heterocycles. The van der Waals surface area contributed by atoms with E-state index in [2.05, 4.69) is 10.6 Å². The summed E-state index contributed by atoms with van der Waals surface area (Å²) in [4.78, 5) is 37.8. The second-order valence-electron chi connectivity index (χ2n) is 6.05. The monoisotopic (exact) mass is 371 g/mol. The summed E-state index contributed by atoms with van der Waals surface area (Å²) in [5, 5.41) is 6.11. The minimum absolute atomic E-state index is 0.0306. The Balaban J connectivity index is 1.85. The molecule has 26 heavy (non-hydrogen) atoms. The van der Waals surface area contributed by atoms with Gasteiger partial charge in [-0.25, -0.2) is 0 Å². The van der Waals surface area contributed by atoms with Gasteiger partial charge in [0.25, 0.3) is 0 Å². The zero-order chi connectivity index (χ0) is 18.7. The van der Waals surface area contributed by atoms with Crippen molar-refractivity contribution < 1.29 is 14.4 Å². The summed E-state index contributed by atoms with van der Waals surface area (Å²) in [6.45, 7) is 1.35. The third-order valence-corrected chi connectivity index (χ3v) is 4.35. The van der Waals surface area contributed by atoms with Crippen molar-refractivity contribution in [2.24, 2.45) is 0 Å². The molecule has 134 valence electrons. The van der Waals surface area contributed by atoms with Crippen molar-refractivity contribution in [1.29, 1.82) is 0 Å². The summed E-state index contributed by atoms with van der Waals surface area (Å²) in [6, 6.07) is 13.6. The molecule has 0 fully saturated rings. The lowest BCUT2D eigenvalue weighted by Crippen LogP contribution is -2.43. The fraction of sp³-hybridized carbons (Fsp3) is 0.211. The largest absolute Gasteiger partial charge is 0.349 e. The van der Waals surface area contributed by atoms with Crippen LogP contribution in [0.5, 0.6) is 0 Å². The van der Waals surface area contributed by atoms with E-state index in [1.54, 1.807) is 48.5 Å². The third kappa shape index (κ3) is 4.03. The maximum atomic E-state index is 12.9. The van der Waals surface area contributed by atoms with E-state index in [1.807, 2.05) is 0 Å². The minimum atomic E-state index is -0.505. The SMILES string of the molecule is CC(=O)NC(CC(=O)N1CC(=O)Nc2ccccc21)c1ccc(Cl)cc1. The lowest BCUT2D eigenvalue weighted by Gasteiger charge is -2.30. The van der Waals surface area contributed by atoms with Gasteiger partial charge in [-0.05, 0) is 29.8 Å². The fourth-order valence-corrected chi connectivity index (χ4v) is 3.06. The second kappa shape index (κ2) is 7.58. The van der Waals surface area contributed by atoms with Crippen LogP contribution in [-0.2, 0) is 14.4 Å². The van der Waals surface area contributed by atoms with Gasteiger partial charge >= 0.3 is 0 Å². The molecule has 2 aromatic carbocycles. The maximum absolute atomic E-state index is 12.9. The molecular formula is C19H18ClN3O3. The molecular weight excluding hydrogens is 354 g/mol. The van der Waals surface area contributed by atoms with Gasteiger partial charge in [0.2, 0.25) is 17.7 Å². The van der Waals surface area contributed by atoms with Crippen molar-refractivity contribution in [3.63, 3.8) is 0 Å². The Morgan fingerprint density at radius 2 is 1.88 bits per heavy atom.